The van der Waals surface area contributed by atoms with Crippen molar-refractivity contribution in [1.29, 1.82) is 0 Å². The molecule has 0 aromatic heterocycles. The zero-order valence-corrected chi connectivity index (χ0v) is 14.5. The molecule has 0 aliphatic carbocycles. The van der Waals surface area contributed by atoms with E-state index >= 15 is 0 Å². The summed E-state index contributed by atoms with van der Waals surface area (Å²) < 4.78 is 0. The highest BCUT2D eigenvalue weighted by molar-refractivity contribution is 5.83. The largest absolute Gasteiger partial charge is 0.508 e. The summed E-state index contributed by atoms with van der Waals surface area (Å²) in [7, 11) is 3.51. The van der Waals surface area contributed by atoms with Crippen molar-refractivity contribution in [2.45, 2.75) is 13.8 Å². The first-order chi connectivity index (χ1) is 11.4. The number of hydrogen-bond acceptors (Lipinski definition) is 2. The van der Waals surface area contributed by atoms with Crippen LogP contribution in [0.3, 0.4) is 0 Å². The van der Waals surface area contributed by atoms with Gasteiger partial charge in [-0.05, 0) is 53.5 Å². The SMILES string of the molecule is Cc1ccc2c(c1C)=CN(C(=O)N(C)C)CC=2c1cccc(O)c1. The summed E-state index contributed by atoms with van der Waals surface area (Å²) in [5.74, 6) is 0.227. The van der Waals surface area contributed by atoms with Gasteiger partial charge in [0.25, 0.3) is 0 Å². The molecule has 2 aromatic carbocycles. The first-order valence-corrected chi connectivity index (χ1v) is 7.97. The van der Waals surface area contributed by atoms with Gasteiger partial charge in [0.15, 0.2) is 0 Å². The third-order valence-corrected chi connectivity index (χ3v) is 4.55. The normalized spacial score (nSPS) is 13.3. The van der Waals surface area contributed by atoms with Crippen LogP contribution in [0.1, 0.15) is 16.7 Å². The molecule has 124 valence electrons. The number of hydrogen-bond donors (Lipinski definition) is 1. The van der Waals surface area contributed by atoms with Crippen molar-refractivity contribution in [3.05, 3.63) is 63.5 Å². The maximum atomic E-state index is 12.5. The summed E-state index contributed by atoms with van der Waals surface area (Å²) >= 11 is 0. The van der Waals surface area contributed by atoms with E-state index in [1.807, 2.05) is 18.3 Å². The molecule has 2 aromatic rings. The molecule has 3 rings (SSSR count). The van der Waals surface area contributed by atoms with Gasteiger partial charge in [0, 0.05) is 25.5 Å². The molecular weight excluding hydrogens is 300 g/mol. The molecule has 0 unspecified atom stereocenters. The average Bonchev–Trinajstić information content (AvgIpc) is 2.56. The van der Waals surface area contributed by atoms with Crippen LogP contribution in [0.5, 0.6) is 5.75 Å². The Morgan fingerprint density at radius 2 is 1.92 bits per heavy atom. The second kappa shape index (κ2) is 6.04. The second-order valence-electron chi connectivity index (χ2n) is 6.43. The molecule has 4 heteroatoms. The number of aryl methyl sites for hydroxylation is 1. The van der Waals surface area contributed by atoms with E-state index in [-0.39, 0.29) is 11.8 Å². The van der Waals surface area contributed by atoms with Crippen LogP contribution in [0.4, 0.5) is 4.79 Å². The van der Waals surface area contributed by atoms with Gasteiger partial charge in [0.2, 0.25) is 0 Å². The number of phenolic OH excluding ortho intramolecular Hbond substituents is 1. The molecule has 0 saturated heterocycles. The lowest BCUT2D eigenvalue weighted by molar-refractivity contribution is 0.196. The minimum atomic E-state index is -0.0563. The van der Waals surface area contributed by atoms with Gasteiger partial charge in [0.05, 0.1) is 6.54 Å². The van der Waals surface area contributed by atoms with Crippen LogP contribution in [0.2, 0.25) is 0 Å². The summed E-state index contributed by atoms with van der Waals surface area (Å²) in [4.78, 5) is 15.8. The molecule has 2 amide bonds. The van der Waals surface area contributed by atoms with E-state index in [2.05, 4.69) is 26.0 Å². The highest BCUT2D eigenvalue weighted by atomic mass is 16.3. The summed E-state index contributed by atoms with van der Waals surface area (Å²) in [5, 5.41) is 12.0. The van der Waals surface area contributed by atoms with Crippen LogP contribution in [-0.4, -0.2) is 41.6 Å². The van der Waals surface area contributed by atoms with Gasteiger partial charge in [-0.15, -0.1) is 0 Å². The molecule has 1 heterocycles. The van der Waals surface area contributed by atoms with Gasteiger partial charge in [0.1, 0.15) is 5.75 Å². The number of fused-ring (bicyclic) bond motifs is 1. The van der Waals surface area contributed by atoms with Crippen molar-refractivity contribution in [2.75, 3.05) is 20.6 Å². The molecule has 1 aliphatic heterocycles. The van der Waals surface area contributed by atoms with Gasteiger partial charge >= 0.3 is 6.03 Å². The fourth-order valence-corrected chi connectivity index (χ4v) is 3.04. The van der Waals surface area contributed by atoms with E-state index in [0.29, 0.717) is 6.54 Å². The molecule has 0 fully saturated rings. The van der Waals surface area contributed by atoms with Gasteiger partial charge < -0.3 is 10.0 Å². The van der Waals surface area contributed by atoms with Gasteiger partial charge in [-0.2, -0.15) is 0 Å². The van der Waals surface area contributed by atoms with Crippen LogP contribution < -0.4 is 10.4 Å². The molecule has 0 atom stereocenters. The third kappa shape index (κ3) is 2.75. The van der Waals surface area contributed by atoms with E-state index in [9.17, 15) is 9.90 Å². The lowest BCUT2D eigenvalue weighted by Gasteiger charge is -2.27. The third-order valence-electron chi connectivity index (χ3n) is 4.55. The Morgan fingerprint density at radius 3 is 2.58 bits per heavy atom. The monoisotopic (exact) mass is 322 g/mol. The van der Waals surface area contributed by atoms with Crippen LogP contribution in [0, 0.1) is 13.8 Å². The molecule has 1 N–H and O–H groups in total. The van der Waals surface area contributed by atoms with Crippen LogP contribution in [0.25, 0.3) is 11.8 Å². The zero-order chi connectivity index (χ0) is 17.4. The van der Waals surface area contributed by atoms with Crippen molar-refractivity contribution in [3.8, 4) is 5.75 Å². The van der Waals surface area contributed by atoms with E-state index < -0.39 is 0 Å². The molecule has 1 aliphatic rings. The number of phenols is 1. The molecule has 0 bridgehead atoms. The Kier molecular flexibility index (Phi) is 4.06. The number of nitrogens with zero attached hydrogens (tertiary/aromatic N) is 2. The van der Waals surface area contributed by atoms with E-state index in [4.69, 9.17) is 0 Å². The predicted octanol–water partition coefficient (Wildman–Crippen LogP) is 1.94. The Balaban J connectivity index is 2.30. The van der Waals surface area contributed by atoms with Crippen LogP contribution in [0.15, 0.2) is 36.4 Å². The van der Waals surface area contributed by atoms with Gasteiger partial charge in [-0.1, -0.05) is 24.3 Å². The lowest BCUT2D eigenvalue weighted by Crippen LogP contribution is -2.45. The first kappa shape index (κ1) is 16.1. The van der Waals surface area contributed by atoms with E-state index in [1.165, 1.54) is 11.1 Å². The number of rotatable bonds is 1. The summed E-state index contributed by atoms with van der Waals surface area (Å²) in [5.41, 5.74) is 4.34. The van der Waals surface area contributed by atoms with Crippen molar-refractivity contribution in [1.82, 2.24) is 9.80 Å². The topological polar surface area (TPSA) is 43.8 Å². The average molecular weight is 322 g/mol. The Morgan fingerprint density at radius 1 is 1.17 bits per heavy atom. The minimum absolute atomic E-state index is 0.0563. The molecule has 0 spiro atoms. The number of carbonyl (C=O) groups excluding carboxylic acids is 1. The molecule has 0 saturated carbocycles. The molecule has 4 nitrogen and oxygen atoms in total. The lowest BCUT2D eigenvalue weighted by atomic mass is 9.95. The van der Waals surface area contributed by atoms with Crippen molar-refractivity contribution >= 4 is 17.8 Å². The maximum absolute atomic E-state index is 12.5. The van der Waals surface area contributed by atoms with E-state index in [1.54, 1.807) is 36.0 Å². The number of benzene rings is 2. The number of aromatic hydroxyl groups is 1. The highest BCUT2D eigenvalue weighted by Crippen LogP contribution is 2.20. The fourth-order valence-electron chi connectivity index (χ4n) is 3.04. The van der Waals surface area contributed by atoms with Crippen LogP contribution in [-0.2, 0) is 0 Å². The molecular formula is C20H22N2O2. The maximum Gasteiger partial charge on any atom is 0.323 e. The predicted molar refractivity (Wildman–Crippen MR) is 96.0 cm³/mol. The molecule has 0 radical (unpaired) electrons. The Labute approximate surface area is 141 Å². The standard InChI is InChI=1S/C20H22N2O2/c1-13-8-9-17-18(14(13)2)11-22(20(24)21(3)4)12-19(17)15-6-5-7-16(23)10-15/h5-11,23H,12H2,1-4H3. The number of urea groups is 1. The zero-order valence-electron chi connectivity index (χ0n) is 14.5. The summed E-state index contributed by atoms with van der Waals surface area (Å²) in [6.45, 7) is 4.63. The van der Waals surface area contributed by atoms with Crippen molar-refractivity contribution in [2.24, 2.45) is 0 Å². The Bertz CT molecular complexity index is 929. The first-order valence-electron chi connectivity index (χ1n) is 7.97. The van der Waals surface area contributed by atoms with Crippen LogP contribution >= 0.6 is 0 Å². The number of amides is 2. The van der Waals surface area contributed by atoms with E-state index in [0.717, 1.165) is 21.6 Å². The summed E-state index contributed by atoms with van der Waals surface area (Å²) in [6, 6.07) is 11.4. The fraction of sp³-hybridized carbons (Fsp3) is 0.250. The summed E-state index contributed by atoms with van der Waals surface area (Å²) in [6.07, 6.45) is 1.94. The smallest absolute Gasteiger partial charge is 0.323 e. The Hall–Kier alpha value is -2.75. The number of carbonyl (C=O) groups is 1. The van der Waals surface area contributed by atoms with Gasteiger partial charge in [-0.3, -0.25) is 4.90 Å². The van der Waals surface area contributed by atoms with Crippen molar-refractivity contribution in [3.63, 3.8) is 0 Å². The minimum Gasteiger partial charge on any atom is -0.508 e. The molecule has 24 heavy (non-hydrogen) atoms. The second-order valence-corrected chi connectivity index (χ2v) is 6.43. The van der Waals surface area contributed by atoms with Crippen molar-refractivity contribution < 1.29 is 9.90 Å². The highest BCUT2D eigenvalue weighted by Gasteiger charge is 2.20. The quantitative estimate of drug-likeness (QED) is 0.872. The van der Waals surface area contributed by atoms with Gasteiger partial charge in [-0.25, -0.2) is 4.79 Å².